The smallest absolute Gasteiger partial charge is 0.0577 e. The van der Waals surface area contributed by atoms with E-state index in [0.717, 1.165) is 13.0 Å². The van der Waals surface area contributed by atoms with E-state index < -0.39 is 10.8 Å². The Labute approximate surface area is 125 Å². The topological polar surface area (TPSA) is 38.3 Å². The van der Waals surface area contributed by atoms with Crippen molar-refractivity contribution in [2.24, 2.45) is 0 Å². The third-order valence-electron chi connectivity index (χ3n) is 3.42. The molecular weight excluding hydrogens is 270 g/mol. The number of hydrogen-bond acceptors (Lipinski definition) is 3. The van der Waals surface area contributed by atoms with E-state index in [1.807, 2.05) is 0 Å². The summed E-state index contributed by atoms with van der Waals surface area (Å²) in [4.78, 5) is 0. The molecule has 4 heteroatoms. The van der Waals surface area contributed by atoms with Crippen LogP contribution in [-0.2, 0) is 15.5 Å². The Morgan fingerprint density at radius 3 is 2.50 bits per heavy atom. The summed E-state index contributed by atoms with van der Waals surface area (Å²) >= 11 is 0. The minimum Gasteiger partial charge on any atom is -0.384 e. The summed E-state index contributed by atoms with van der Waals surface area (Å²) in [6, 6.07) is 8.62. The van der Waals surface area contributed by atoms with Gasteiger partial charge in [-0.25, -0.2) is 0 Å². The van der Waals surface area contributed by atoms with Gasteiger partial charge < -0.3 is 10.1 Å². The fourth-order valence-electron chi connectivity index (χ4n) is 2.13. The van der Waals surface area contributed by atoms with Crippen LogP contribution in [0.4, 0.5) is 0 Å². The van der Waals surface area contributed by atoms with Crippen molar-refractivity contribution in [2.75, 3.05) is 26.0 Å². The molecule has 0 saturated heterocycles. The minimum absolute atomic E-state index is 0.0689. The highest BCUT2D eigenvalue weighted by atomic mass is 32.2. The molecule has 114 valence electrons. The van der Waals surface area contributed by atoms with Crippen molar-refractivity contribution in [3.63, 3.8) is 0 Å². The maximum atomic E-state index is 12.3. The van der Waals surface area contributed by atoms with E-state index in [1.165, 1.54) is 11.1 Å². The predicted molar refractivity (Wildman–Crippen MR) is 86.6 cm³/mol. The zero-order chi connectivity index (χ0) is 15.0. The van der Waals surface area contributed by atoms with Gasteiger partial charge in [0, 0.05) is 29.7 Å². The molecule has 0 bridgehead atoms. The molecule has 0 radical (unpaired) electrons. The van der Waals surface area contributed by atoms with Gasteiger partial charge in [-0.05, 0) is 32.4 Å². The largest absolute Gasteiger partial charge is 0.384 e. The molecule has 0 saturated carbocycles. The van der Waals surface area contributed by atoms with Gasteiger partial charge in [-0.15, -0.1) is 0 Å². The monoisotopic (exact) mass is 297 g/mol. The van der Waals surface area contributed by atoms with E-state index >= 15 is 0 Å². The first-order valence-corrected chi connectivity index (χ1v) is 8.64. The van der Waals surface area contributed by atoms with Gasteiger partial charge >= 0.3 is 0 Å². The number of nitrogens with one attached hydrogen (secondary N) is 1. The number of hydrogen-bond donors (Lipinski definition) is 1. The van der Waals surface area contributed by atoms with Crippen LogP contribution in [0.3, 0.4) is 0 Å². The molecule has 0 fully saturated rings. The molecule has 0 amide bonds. The van der Waals surface area contributed by atoms with Gasteiger partial charge in [-0.2, -0.15) is 0 Å². The number of methoxy groups -OCH3 is 1. The van der Waals surface area contributed by atoms with Crippen molar-refractivity contribution in [2.45, 2.75) is 38.5 Å². The van der Waals surface area contributed by atoms with Gasteiger partial charge in [0.15, 0.2) is 0 Å². The summed E-state index contributed by atoms with van der Waals surface area (Å²) in [7, 11) is 0.756. The van der Waals surface area contributed by atoms with Crippen molar-refractivity contribution in [3.05, 3.63) is 35.4 Å². The SMILES string of the molecule is CCCNC(c1ccc(C)cc1)C(C)S(=O)CCOC. The maximum Gasteiger partial charge on any atom is 0.0577 e. The average molecular weight is 297 g/mol. The van der Waals surface area contributed by atoms with E-state index in [1.54, 1.807) is 7.11 Å². The van der Waals surface area contributed by atoms with Crippen LogP contribution in [-0.4, -0.2) is 35.5 Å². The van der Waals surface area contributed by atoms with Crippen LogP contribution in [0.1, 0.15) is 37.4 Å². The van der Waals surface area contributed by atoms with Gasteiger partial charge in [0.05, 0.1) is 11.9 Å². The number of rotatable bonds is 9. The van der Waals surface area contributed by atoms with Crippen molar-refractivity contribution < 1.29 is 8.95 Å². The van der Waals surface area contributed by atoms with Gasteiger partial charge in [-0.1, -0.05) is 36.8 Å². The lowest BCUT2D eigenvalue weighted by atomic mass is 10.0. The third-order valence-corrected chi connectivity index (χ3v) is 5.09. The highest BCUT2D eigenvalue weighted by Crippen LogP contribution is 2.21. The molecule has 3 nitrogen and oxygen atoms in total. The van der Waals surface area contributed by atoms with Gasteiger partial charge in [0.25, 0.3) is 0 Å². The van der Waals surface area contributed by atoms with E-state index in [4.69, 9.17) is 4.74 Å². The van der Waals surface area contributed by atoms with Gasteiger partial charge in [0.1, 0.15) is 0 Å². The van der Waals surface area contributed by atoms with E-state index in [0.29, 0.717) is 12.4 Å². The lowest BCUT2D eigenvalue weighted by Gasteiger charge is -2.25. The predicted octanol–water partition coefficient (Wildman–Crippen LogP) is 2.82. The van der Waals surface area contributed by atoms with E-state index in [2.05, 4.69) is 50.4 Å². The Bertz CT molecular complexity index is 405. The Hall–Kier alpha value is -0.710. The molecule has 0 aliphatic carbocycles. The summed E-state index contributed by atoms with van der Waals surface area (Å²) in [6.45, 7) is 7.76. The summed E-state index contributed by atoms with van der Waals surface area (Å²) in [5.41, 5.74) is 2.46. The summed E-state index contributed by atoms with van der Waals surface area (Å²) in [5, 5.41) is 3.60. The molecule has 3 unspecified atom stereocenters. The standard InChI is InChI=1S/C16H27NO2S/c1-5-10-17-16(14(3)20(18)12-11-19-4)15-8-6-13(2)7-9-15/h6-9,14,16-17H,5,10-12H2,1-4H3. The van der Waals surface area contributed by atoms with Crippen LogP contribution in [0.15, 0.2) is 24.3 Å². The van der Waals surface area contributed by atoms with Crippen molar-refractivity contribution in [3.8, 4) is 0 Å². The second-order valence-electron chi connectivity index (χ2n) is 5.13. The van der Waals surface area contributed by atoms with Gasteiger partial charge in [0.2, 0.25) is 0 Å². The second-order valence-corrected chi connectivity index (χ2v) is 7.04. The lowest BCUT2D eigenvalue weighted by molar-refractivity contribution is 0.217. The molecule has 0 aromatic heterocycles. The van der Waals surface area contributed by atoms with Gasteiger partial charge in [-0.3, -0.25) is 4.21 Å². The lowest BCUT2D eigenvalue weighted by Crippen LogP contribution is -2.34. The molecule has 20 heavy (non-hydrogen) atoms. The van der Waals surface area contributed by atoms with Crippen LogP contribution in [0.25, 0.3) is 0 Å². The molecule has 1 aromatic carbocycles. The van der Waals surface area contributed by atoms with E-state index in [9.17, 15) is 4.21 Å². The normalized spacial score (nSPS) is 15.8. The molecule has 0 aliphatic heterocycles. The molecule has 3 atom stereocenters. The molecule has 1 aromatic rings. The first-order chi connectivity index (χ1) is 9.60. The fraction of sp³-hybridized carbons (Fsp3) is 0.625. The molecule has 0 aliphatic rings. The maximum absolute atomic E-state index is 12.3. The van der Waals surface area contributed by atoms with Crippen molar-refractivity contribution >= 4 is 10.8 Å². The summed E-state index contributed by atoms with van der Waals surface area (Å²) in [5.74, 6) is 0.591. The Morgan fingerprint density at radius 2 is 1.95 bits per heavy atom. The second kappa shape index (κ2) is 9.27. The van der Waals surface area contributed by atoms with Crippen LogP contribution in [0, 0.1) is 6.92 Å². The molecule has 0 heterocycles. The fourth-order valence-corrected chi connectivity index (χ4v) is 3.39. The Morgan fingerprint density at radius 1 is 1.30 bits per heavy atom. The Balaban J connectivity index is 2.82. The highest BCUT2D eigenvalue weighted by Gasteiger charge is 2.23. The highest BCUT2D eigenvalue weighted by molar-refractivity contribution is 7.85. The zero-order valence-corrected chi connectivity index (χ0v) is 13.8. The number of ether oxygens (including phenoxy) is 1. The number of benzene rings is 1. The summed E-state index contributed by atoms with van der Waals surface area (Å²) < 4.78 is 17.4. The number of aryl methyl sites for hydroxylation is 1. The molecular formula is C16H27NO2S. The molecule has 0 spiro atoms. The minimum atomic E-state index is -0.892. The average Bonchev–Trinajstić information content (AvgIpc) is 2.46. The van der Waals surface area contributed by atoms with Crippen LogP contribution >= 0.6 is 0 Å². The summed E-state index contributed by atoms with van der Waals surface area (Å²) in [6.07, 6.45) is 1.07. The molecule has 1 N–H and O–H groups in total. The molecule has 1 rings (SSSR count). The van der Waals surface area contributed by atoms with Crippen LogP contribution < -0.4 is 5.32 Å². The van der Waals surface area contributed by atoms with Crippen molar-refractivity contribution in [1.82, 2.24) is 5.32 Å². The van der Waals surface area contributed by atoms with Crippen LogP contribution in [0.5, 0.6) is 0 Å². The zero-order valence-electron chi connectivity index (χ0n) is 13.0. The van der Waals surface area contributed by atoms with Crippen LogP contribution in [0.2, 0.25) is 0 Å². The van der Waals surface area contributed by atoms with Crippen molar-refractivity contribution in [1.29, 1.82) is 0 Å². The quantitative estimate of drug-likeness (QED) is 0.762. The Kier molecular flexibility index (Phi) is 8.04. The first kappa shape index (κ1) is 17.3. The third kappa shape index (κ3) is 5.35. The van der Waals surface area contributed by atoms with E-state index in [-0.39, 0.29) is 11.3 Å². The first-order valence-electron chi connectivity index (χ1n) is 7.26.